The number of thioether (sulfide) groups is 1. The highest BCUT2D eigenvalue weighted by atomic mass is 32.2. The molecule has 0 saturated carbocycles. The number of thiophene rings is 1. The van der Waals surface area contributed by atoms with Crippen LogP contribution >= 0.6 is 23.1 Å². The topological polar surface area (TPSA) is 84.5 Å². The van der Waals surface area contributed by atoms with Crippen LogP contribution in [0.15, 0.2) is 29.2 Å². The first-order chi connectivity index (χ1) is 13.9. The molecule has 1 aliphatic heterocycles. The number of rotatable bonds is 4. The minimum atomic E-state index is -1.34. The summed E-state index contributed by atoms with van der Waals surface area (Å²) in [5, 5.41) is 6.17. The van der Waals surface area contributed by atoms with Crippen molar-refractivity contribution in [1.82, 2.24) is 0 Å². The van der Waals surface area contributed by atoms with Crippen LogP contribution in [0.4, 0.5) is 10.7 Å². The number of para-hydroxylation sites is 1. The molecule has 2 aromatic rings. The number of carbonyl (C=O) groups is 3. The predicted octanol–water partition coefficient (Wildman–Crippen LogP) is 4.25. The van der Waals surface area contributed by atoms with E-state index in [1.807, 2.05) is 24.3 Å². The Labute approximate surface area is 177 Å². The third-order valence-electron chi connectivity index (χ3n) is 5.19. The Morgan fingerprint density at radius 2 is 2.00 bits per heavy atom. The number of aryl methyl sites for hydroxylation is 1. The van der Waals surface area contributed by atoms with Crippen LogP contribution < -0.4 is 10.6 Å². The predicted molar refractivity (Wildman–Crippen MR) is 115 cm³/mol. The lowest BCUT2D eigenvalue weighted by Gasteiger charge is -2.31. The Morgan fingerprint density at radius 3 is 2.79 bits per heavy atom. The van der Waals surface area contributed by atoms with Gasteiger partial charge in [-0.2, -0.15) is 0 Å². The molecule has 2 N–H and O–H groups in total. The van der Waals surface area contributed by atoms with Crippen molar-refractivity contribution in [2.45, 2.75) is 49.2 Å². The van der Waals surface area contributed by atoms with Gasteiger partial charge >= 0.3 is 5.97 Å². The largest absolute Gasteiger partial charge is 0.462 e. The minimum Gasteiger partial charge on any atom is -0.462 e. The number of hydrogen-bond acceptors (Lipinski definition) is 6. The number of carbonyl (C=O) groups excluding carboxylic acids is 3. The SMILES string of the molecule is CCOC(=O)c1c(NC(=O)C2(C)Sc3ccccc3NC2=O)sc2c1CCCC2. The zero-order chi connectivity index (χ0) is 20.6. The third-order valence-corrected chi connectivity index (χ3v) is 7.76. The van der Waals surface area contributed by atoms with Crippen LogP contribution in [0.25, 0.3) is 0 Å². The van der Waals surface area contributed by atoms with Crippen molar-refractivity contribution in [3.8, 4) is 0 Å². The second kappa shape index (κ2) is 7.84. The van der Waals surface area contributed by atoms with Crippen LogP contribution in [0.1, 0.15) is 47.5 Å². The molecule has 1 unspecified atom stereocenters. The molecular weight excluding hydrogens is 408 g/mol. The highest BCUT2D eigenvalue weighted by Gasteiger charge is 2.46. The maximum absolute atomic E-state index is 13.2. The van der Waals surface area contributed by atoms with Crippen LogP contribution in [-0.4, -0.2) is 29.1 Å². The number of fused-ring (bicyclic) bond motifs is 2. The molecule has 0 bridgehead atoms. The molecule has 1 aliphatic carbocycles. The Bertz CT molecular complexity index is 1000. The van der Waals surface area contributed by atoms with Gasteiger partial charge in [0.05, 0.1) is 17.9 Å². The van der Waals surface area contributed by atoms with Crippen LogP contribution in [0, 0.1) is 0 Å². The number of ether oxygens (including phenoxy) is 1. The van der Waals surface area contributed by atoms with Gasteiger partial charge in [-0.3, -0.25) is 9.59 Å². The maximum atomic E-state index is 13.2. The van der Waals surface area contributed by atoms with E-state index in [4.69, 9.17) is 4.74 Å². The highest BCUT2D eigenvalue weighted by Crippen LogP contribution is 2.44. The van der Waals surface area contributed by atoms with Crippen LogP contribution in [0.3, 0.4) is 0 Å². The van der Waals surface area contributed by atoms with Gasteiger partial charge in [0.25, 0.3) is 5.91 Å². The van der Waals surface area contributed by atoms with Crippen LogP contribution in [0.5, 0.6) is 0 Å². The fourth-order valence-corrected chi connectivity index (χ4v) is 5.99. The van der Waals surface area contributed by atoms with E-state index in [-0.39, 0.29) is 12.5 Å². The second-order valence-electron chi connectivity index (χ2n) is 7.18. The molecule has 1 atom stereocenters. The van der Waals surface area contributed by atoms with Gasteiger partial charge in [-0.1, -0.05) is 23.9 Å². The maximum Gasteiger partial charge on any atom is 0.341 e. The van der Waals surface area contributed by atoms with Crippen molar-refractivity contribution in [1.29, 1.82) is 0 Å². The van der Waals surface area contributed by atoms with Gasteiger partial charge in [0, 0.05) is 9.77 Å². The van der Waals surface area contributed by atoms with Gasteiger partial charge in [-0.25, -0.2) is 4.79 Å². The van der Waals surface area contributed by atoms with Crippen molar-refractivity contribution in [2.75, 3.05) is 17.2 Å². The van der Waals surface area contributed by atoms with E-state index < -0.39 is 16.6 Å². The molecule has 152 valence electrons. The summed E-state index contributed by atoms with van der Waals surface area (Å²) in [4.78, 5) is 40.5. The van der Waals surface area contributed by atoms with E-state index in [2.05, 4.69) is 10.6 Å². The van der Waals surface area contributed by atoms with Crippen molar-refractivity contribution < 1.29 is 19.1 Å². The first-order valence-corrected chi connectivity index (χ1v) is 11.3. The van der Waals surface area contributed by atoms with Crippen LogP contribution in [-0.2, 0) is 27.2 Å². The van der Waals surface area contributed by atoms with Crippen LogP contribution in [0.2, 0.25) is 0 Å². The Hall–Kier alpha value is -2.32. The minimum absolute atomic E-state index is 0.267. The molecule has 1 aromatic carbocycles. The summed E-state index contributed by atoms with van der Waals surface area (Å²) in [6.07, 6.45) is 3.77. The molecular formula is C21H22N2O4S2. The highest BCUT2D eigenvalue weighted by molar-refractivity contribution is 8.02. The Kier molecular flexibility index (Phi) is 5.40. The summed E-state index contributed by atoms with van der Waals surface area (Å²) in [7, 11) is 0. The van der Waals surface area contributed by atoms with Gasteiger partial charge in [-0.15, -0.1) is 11.3 Å². The molecule has 0 radical (unpaired) electrons. The lowest BCUT2D eigenvalue weighted by atomic mass is 9.95. The molecule has 1 aromatic heterocycles. The third kappa shape index (κ3) is 3.55. The summed E-state index contributed by atoms with van der Waals surface area (Å²) in [6.45, 7) is 3.63. The average Bonchev–Trinajstić information content (AvgIpc) is 3.07. The lowest BCUT2D eigenvalue weighted by Crippen LogP contribution is -2.49. The molecule has 0 saturated heterocycles. The van der Waals surface area contributed by atoms with Gasteiger partial charge in [-0.05, 0) is 57.2 Å². The number of esters is 1. The zero-order valence-corrected chi connectivity index (χ0v) is 17.9. The fraction of sp³-hybridized carbons (Fsp3) is 0.381. The van der Waals surface area contributed by atoms with Gasteiger partial charge < -0.3 is 15.4 Å². The van der Waals surface area contributed by atoms with Gasteiger partial charge in [0.15, 0.2) is 4.75 Å². The number of amides is 2. The van der Waals surface area contributed by atoms with Crippen molar-refractivity contribution in [3.63, 3.8) is 0 Å². The lowest BCUT2D eigenvalue weighted by molar-refractivity contribution is -0.126. The molecule has 8 heteroatoms. The summed E-state index contributed by atoms with van der Waals surface area (Å²) in [5.41, 5.74) is 2.13. The molecule has 2 amide bonds. The Morgan fingerprint density at radius 1 is 1.24 bits per heavy atom. The molecule has 29 heavy (non-hydrogen) atoms. The van der Waals surface area contributed by atoms with E-state index >= 15 is 0 Å². The fourth-order valence-electron chi connectivity index (χ4n) is 3.61. The van der Waals surface area contributed by atoms with E-state index in [9.17, 15) is 14.4 Å². The number of anilines is 2. The molecule has 0 fully saturated rings. The van der Waals surface area contributed by atoms with Gasteiger partial charge in [0.2, 0.25) is 5.91 Å². The van der Waals surface area contributed by atoms with Crippen molar-refractivity contribution in [3.05, 3.63) is 40.3 Å². The summed E-state index contributed by atoms with van der Waals surface area (Å²) >= 11 is 2.64. The first kappa shape index (κ1) is 20.0. The van der Waals surface area contributed by atoms with Gasteiger partial charge in [0.1, 0.15) is 5.00 Å². The van der Waals surface area contributed by atoms with E-state index in [0.717, 1.165) is 41.0 Å². The van der Waals surface area contributed by atoms with Crippen molar-refractivity contribution in [2.24, 2.45) is 0 Å². The molecule has 0 spiro atoms. The molecule has 4 rings (SSSR count). The molecule has 2 heterocycles. The zero-order valence-electron chi connectivity index (χ0n) is 16.3. The smallest absolute Gasteiger partial charge is 0.341 e. The monoisotopic (exact) mass is 430 g/mol. The number of hydrogen-bond donors (Lipinski definition) is 2. The number of benzene rings is 1. The summed E-state index contributed by atoms with van der Waals surface area (Å²) in [6, 6.07) is 7.39. The average molecular weight is 431 g/mol. The standard InChI is InChI=1S/C21H22N2O4S2/c1-3-27-18(24)16-12-8-4-6-10-14(12)28-17(16)23-20(26)21(2)19(25)22-13-9-5-7-11-15(13)29-21/h5,7,9,11H,3-4,6,8,10H2,1-2H3,(H,22,25)(H,23,26). The summed E-state index contributed by atoms with van der Waals surface area (Å²) in [5.74, 6) is -1.24. The Balaban J connectivity index is 1.65. The number of nitrogens with one attached hydrogen (secondary N) is 2. The van der Waals surface area contributed by atoms with E-state index in [1.54, 1.807) is 13.8 Å². The normalized spacial score (nSPS) is 20.3. The summed E-state index contributed by atoms with van der Waals surface area (Å²) < 4.78 is 3.90. The van der Waals surface area contributed by atoms with E-state index in [1.165, 1.54) is 23.1 Å². The molecule has 2 aliphatic rings. The first-order valence-electron chi connectivity index (χ1n) is 9.66. The quantitative estimate of drug-likeness (QED) is 0.560. The van der Waals surface area contributed by atoms with E-state index in [0.29, 0.717) is 16.3 Å². The second-order valence-corrected chi connectivity index (χ2v) is 9.74. The van der Waals surface area contributed by atoms with Crippen molar-refractivity contribution >= 4 is 51.6 Å². The molecule has 6 nitrogen and oxygen atoms in total.